The fraction of sp³-hybridized carbons (Fsp3) is 0.167. The molecule has 0 unspecified atom stereocenters. The van der Waals surface area contributed by atoms with Crippen molar-refractivity contribution in [2.24, 2.45) is 10.2 Å². The minimum atomic E-state index is -0.711. The molecular formula is C18H16Br2N2O3S. The summed E-state index contributed by atoms with van der Waals surface area (Å²) in [6.07, 6.45) is 0. The van der Waals surface area contributed by atoms with Gasteiger partial charge in [-0.15, -0.1) is 22.0 Å². The molecule has 0 bridgehead atoms. The van der Waals surface area contributed by atoms with Crippen molar-refractivity contribution in [3.63, 3.8) is 0 Å². The average molecular weight is 500 g/mol. The molecule has 0 radical (unpaired) electrons. The van der Waals surface area contributed by atoms with E-state index < -0.39 is 5.97 Å². The Morgan fingerprint density at radius 3 is 2.50 bits per heavy atom. The molecule has 0 saturated heterocycles. The van der Waals surface area contributed by atoms with Gasteiger partial charge in [-0.1, -0.05) is 28.1 Å². The van der Waals surface area contributed by atoms with Crippen molar-refractivity contribution in [1.82, 2.24) is 0 Å². The number of rotatable bonds is 7. The van der Waals surface area contributed by atoms with Gasteiger partial charge in [0, 0.05) is 13.8 Å². The Bertz CT molecular complexity index is 823. The summed E-state index contributed by atoms with van der Waals surface area (Å²) in [7, 11) is 0. The number of halogens is 2. The van der Waals surface area contributed by atoms with Gasteiger partial charge in [0.25, 0.3) is 0 Å². The largest absolute Gasteiger partial charge is 0.509 e. The molecule has 0 aliphatic heterocycles. The number of nitrogens with zero attached hydrogens (tertiary/aromatic N) is 2. The van der Waals surface area contributed by atoms with Crippen LogP contribution in [0.25, 0.3) is 0 Å². The number of hydrogen-bond acceptors (Lipinski definition) is 6. The number of benzene rings is 2. The first kappa shape index (κ1) is 20.7. The van der Waals surface area contributed by atoms with Crippen LogP contribution in [0.3, 0.4) is 0 Å². The van der Waals surface area contributed by atoms with Gasteiger partial charge in [-0.3, -0.25) is 0 Å². The zero-order chi connectivity index (χ0) is 18.9. The third-order valence-electron chi connectivity index (χ3n) is 3.04. The van der Waals surface area contributed by atoms with Crippen LogP contribution in [-0.2, 0) is 9.53 Å². The summed E-state index contributed by atoms with van der Waals surface area (Å²) >= 11 is 8.11. The Morgan fingerprint density at radius 2 is 1.85 bits per heavy atom. The van der Waals surface area contributed by atoms with Crippen LogP contribution in [0.1, 0.15) is 6.92 Å². The number of esters is 1. The lowest BCUT2D eigenvalue weighted by molar-refractivity contribution is -0.138. The summed E-state index contributed by atoms with van der Waals surface area (Å²) in [4.78, 5) is 13.1. The molecule has 0 fully saturated rings. The van der Waals surface area contributed by atoms with E-state index in [0.717, 1.165) is 13.8 Å². The lowest BCUT2D eigenvalue weighted by Crippen LogP contribution is -2.09. The smallest absolute Gasteiger partial charge is 0.362 e. The highest BCUT2D eigenvalue weighted by molar-refractivity contribution is 9.10. The summed E-state index contributed by atoms with van der Waals surface area (Å²) in [6, 6.07) is 14.8. The summed E-state index contributed by atoms with van der Waals surface area (Å²) in [6.45, 7) is 1.87. The van der Waals surface area contributed by atoms with E-state index in [4.69, 9.17) is 4.74 Å². The van der Waals surface area contributed by atoms with Crippen molar-refractivity contribution >= 4 is 55.3 Å². The first-order valence-electron chi connectivity index (χ1n) is 7.65. The maximum Gasteiger partial charge on any atom is 0.362 e. The summed E-state index contributed by atoms with van der Waals surface area (Å²) < 4.78 is 6.67. The van der Waals surface area contributed by atoms with E-state index in [1.54, 1.807) is 19.1 Å². The molecule has 2 aromatic carbocycles. The summed E-state index contributed by atoms with van der Waals surface area (Å²) in [5.41, 5.74) is 0.342. The molecule has 136 valence electrons. The van der Waals surface area contributed by atoms with Gasteiger partial charge in [-0.05, 0) is 59.3 Å². The molecule has 26 heavy (non-hydrogen) atoms. The van der Waals surface area contributed by atoms with E-state index in [9.17, 15) is 9.90 Å². The van der Waals surface area contributed by atoms with Crippen LogP contribution in [0.4, 0.5) is 5.69 Å². The number of azo groups is 1. The Balaban J connectivity index is 2.21. The molecule has 0 saturated carbocycles. The molecule has 1 N–H and O–H groups in total. The fourth-order valence-electron chi connectivity index (χ4n) is 1.80. The monoisotopic (exact) mass is 498 g/mol. The molecule has 0 aliphatic rings. The van der Waals surface area contributed by atoms with Gasteiger partial charge >= 0.3 is 5.97 Å². The average Bonchev–Trinajstić information content (AvgIpc) is 2.63. The van der Waals surface area contributed by atoms with Gasteiger partial charge in [0.15, 0.2) is 0 Å². The van der Waals surface area contributed by atoms with Gasteiger partial charge < -0.3 is 9.84 Å². The third kappa shape index (κ3) is 6.26. The number of hydrogen-bond donors (Lipinski definition) is 1. The Kier molecular flexibility index (Phi) is 8.34. The summed E-state index contributed by atoms with van der Waals surface area (Å²) in [5, 5.41) is 18.3. The van der Waals surface area contributed by atoms with Crippen molar-refractivity contribution in [3.05, 3.63) is 68.9 Å². The molecule has 2 rings (SSSR count). The first-order chi connectivity index (χ1) is 12.5. The predicted molar refractivity (Wildman–Crippen MR) is 110 cm³/mol. The summed E-state index contributed by atoms with van der Waals surface area (Å²) in [5.74, 6) is -0.727. The third-order valence-corrected chi connectivity index (χ3v) is 5.26. The number of thioether (sulfide) groups is 1. The maximum absolute atomic E-state index is 12.1. The standard InChI is InChI=1S/C18H16Br2N2O3S/c1-2-25-18(24)17(22-21-15-6-4-3-5-14(15)20)16(23)11-26-13-9-7-12(19)8-10-13/h3-10,23H,2,11H2,1H3/b17-16-,22-21?. The quantitative estimate of drug-likeness (QED) is 0.157. The van der Waals surface area contributed by atoms with Crippen LogP contribution in [0.2, 0.25) is 0 Å². The second-order valence-corrected chi connectivity index (χ2v) is 7.73. The highest BCUT2D eigenvalue weighted by Gasteiger charge is 2.17. The van der Waals surface area contributed by atoms with Gasteiger partial charge in [0.1, 0.15) is 5.76 Å². The van der Waals surface area contributed by atoms with E-state index in [2.05, 4.69) is 42.1 Å². The van der Waals surface area contributed by atoms with Crippen molar-refractivity contribution in [3.8, 4) is 0 Å². The van der Waals surface area contributed by atoms with Crippen molar-refractivity contribution in [2.45, 2.75) is 11.8 Å². The molecule has 0 aromatic heterocycles. The van der Waals surface area contributed by atoms with Gasteiger partial charge in [-0.2, -0.15) is 0 Å². The van der Waals surface area contributed by atoms with Crippen LogP contribution in [0.5, 0.6) is 0 Å². The zero-order valence-electron chi connectivity index (χ0n) is 13.9. The van der Waals surface area contributed by atoms with E-state index in [1.165, 1.54) is 11.8 Å². The lowest BCUT2D eigenvalue weighted by Gasteiger charge is -2.06. The number of aliphatic hydroxyl groups excluding tert-OH is 1. The maximum atomic E-state index is 12.1. The fourth-order valence-corrected chi connectivity index (χ4v) is 3.20. The van der Waals surface area contributed by atoms with Crippen molar-refractivity contribution in [2.75, 3.05) is 12.4 Å². The Labute approximate surface area is 172 Å². The van der Waals surface area contributed by atoms with Crippen LogP contribution < -0.4 is 0 Å². The minimum absolute atomic E-state index is 0.171. The topological polar surface area (TPSA) is 71.2 Å². The number of aliphatic hydroxyl groups is 1. The Morgan fingerprint density at radius 1 is 1.15 bits per heavy atom. The van der Waals surface area contributed by atoms with Gasteiger partial charge in [0.2, 0.25) is 5.70 Å². The predicted octanol–water partition coefficient (Wildman–Crippen LogP) is 6.42. The SMILES string of the molecule is CCOC(=O)/C(N=Nc1ccccc1Br)=C(/O)CSc1ccc(Br)cc1. The Hall–Kier alpha value is -1.64. The van der Waals surface area contributed by atoms with Crippen LogP contribution >= 0.6 is 43.6 Å². The molecule has 0 spiro atoms. The van der Waals surface area contributed by atoms with Gasteiger partial charge in [-0.25, -0.2) is 4.79 Å². The first-order valence-corrected chi connectivity index (χ1v) is 10.2. The van der Waals surface area contributed by atoms with E-state index >= 15 is 0 Å². The van der Waals surface area contributed by atoms with E-state index in [0.29, 0.717) is 5.69 Å². The van der Waals surface area contributed by atoms with Gasteiger partial charge in [0.05, 0.1) is 18.0 Å². The van der Waals surface area contributed by atoms with Crippen LogP contribution in [-0.4, -0.2) is 23.4 Å². The lowest BCUT2D eigenvalue weighted by atomic mass is 10.3. The molecule has 0 amide bonds. The minimum Gasteiger partial charge on any atom is -0.509 e. The highest BCUT2D eigenvalue weighted by Crippen LogP contribution is 2.27. The molecule has 5 nitrogen and oxygen atoms in total. The van der Waals surface area contributed by atoms with E-state index in [-0.39, 0.29) is 23.8 Å². The number of ether oxygens (including phenoxy) is 1. The van der Waals surface area contributed by atoms with Crippen LogP contribution in [0, 0.1) is 0 Å². The normalized spacial score (nSPS) is 12.1. The highest BCUT2D eigenvalue weighted by atomic mass is 79.9. The molecular weight excluding hydrogens is 484 g/mol. The van der Waals surface area contributed by atoms with Crippen molar-refractivity contribution < 1.29 is 14.6 Å². The van der Waals surface area contributed by atoms with E-state index in [1.807, 2.05) is 36.4 Å². The van der Waals surface area contributed by atoms with Crippen molar-refractivity contribution in [1.29, 1.82) is 0 Å². The second-order valence-electron chi connectivity index (χ2n) is 4.91. The number of carbonyl (C=O) groups excluding carboxylic acids is 1. The second kappa shape index (κ2) is 10.5. The molecule has 0 aliphatic carbocycles. The number of carbonyl (C=O) groups is 1. The zero-order valence-corrected chi connectivity index (χ0v) is 17.8. The molecule has 0 atom stereocenters. The van der Waals surface area contributed by atoms with Crippen LogP contribution in [0.15, 0.2) is 84.1 Å². The molecule has 2 aromatic rings. The molecule has 0 heterocycles. The molecule has 8 heteroatoms.